The maximum Gasteiger partial charge on any atom is 0.137 e. The van der Waals surface area contributed by atoms with Gasteiger partial charge in [-0.15, -0.1) is 11.6 Å². The molecular weight excluding hydrogens is 268 g/mol. The molecule has 1 rings (SSSR count). The summed E-state index contributed by atoms with van der Waals surface area (Å²) in [7, 11) is 0. The summed E-state index contributed by atoms with van der Waals surface area (Å²) in [4.78, 5) is 0. The molecule has 0 aliphatic rings. The summed E-state index contributed by atoms with van der Waals surface area (Å²) in [5.74, 6) is 0.439. The van der Waals surface area contributed by atoms with Crippen molar-refractivity contribution < 1.29 is 4.39 Å². The molecule has 4 heteroatoms. The minimum absolute atomic E-state index is 0.227. The normalized spacial score (nSPS) is 10.5. The van der Waals surface area contributed by atoms with E-state index in [1.807, 2.05) is 0 Å². The van der Waals surface area contributed by atoms with E-state index in [0.717, 1.165) is 25.1 Å². The second-order valence-electron chi connectivity index (χ2n) is 2.97. The monoisotopic (exact) mass is 279 g/mol. The molecule has 14 heavy (non-hydrogen) atoms. The van der Waals surface area contributed by atoms with Crippen molar-refractivity contribution in [2.45, 2.75) is 13.0 Å². The van der Waals surface area contributed by atoms with Crippen LogP contribution in [0.1, 0.15) is 12.0 Å². The van der Waals surface area contributed by atoms with E-state index in [-0.39, 0.29) is 5.82 Å². The number of halogens is 3. The minimum atomic E-state index is -0.227. The summed E-state index contributed by atoms with van der Waals surface area (Å²) in [5.41, 5.74) is 1.06. The van der Waals surface area contributed by atoms with Gasteiger partial charge in [-0.05, 0) is 46.6 Å². The van der Waals surface area contributed by atoms with Crippen molar-refractivity contribution >= 4 is 27.5 Å². The van der Waals surface area contributed by atoms with Crippen molar-refractivity contribution in [1.82, 2.24) is 5.32 Å². The van der Waals surface area contributed by atoms with Gasteiger partial charge in [0, 0.05) is 12.4 Å². The van der Waals surface area contributed by atoms with Gasteiger partial charge in [-0.2, -0.15) is 0 Å². The van der Waals surface area contributed by atoms with Gasteiger partial charge in [-0.25, -0.2) is 4.39 Å². The van der Waals surface area contributed by atoms with Gasteiger partial charge >= 0.3 is 0 Å². The zero-order valence-corrected chi connectivity index (χ0v) is 10.0. The van der Waals surface area contributed by atoms with Crippen molar-refractivity contribution in [1.29, 1.82) is 0 Å². The molecule has 0 aliphatic carbocycles. The van der Waals surface area contributed by atoms with Crippen LogP contribution in [-0.4, -0.2) is 12.4 Å². The van der Waals surface area contributed by atoms with Gasteiger partial charge in [0.05, 0.1) is 4.47 Å². The quantitative estimate of drug-likeness (QED) is 0.644. The van der Waals surface area contributed by atoms with Crippen molar-refractivity contribution in [3.05, 3.63) is 34.1 Å². The molecule has 0 heterocycles. The molecule has 0 radical (unpaired) electrons. The molecule has 0 fully saturated rings. The first-order valence-electron chi connectivity index (χ1n) is 4.44. The Hall–Kier alpha value is -0.120. The Morgan fingerprint density at radius 2 is 2.21 bits per heavy atom. The lowest BCUT2D eigenvalue weighted by molar-refractivity contribution is 0.618. The molecule has 0 amide bonds. The van der Waals surface area contributed by atoms with Crippen molar-refractivity contribution in [2.24, 2.45) is 0 Å². The molecule has 1 aromatic carbocycles. The van der Waals surface area contributed by atoms with E-state index in [0.29, 0.717) is 10.4 Å². The molecule has 1 aromatic rings. The molecule has 0 saturated carbocycles. The molecule has 0 unspecified atom stereocenters. The fraction of sp³-hybridized carbons (Fsp3) is 0.400. The van der Waals surface area contributed by atoms with Crippen LogP contribution >= 0.6 is 27.5 Å². The van der Waals surface area contributed by atoms with E-state index < -0.39 is 0 Å². The van der Waals surface area contributed by atoms with Gasteiger partial charge in [-0.3, -0.25) is 0 Å². The Bertz CT molecular complexity index is 293. The Morgan fingerprint density at radius 3 is 2.86 bits per heavy atom. The van der Waals surface area contributed by atoms with Gasteiger partial charge in [-0.1, -0.05) is 6.07 Å². The van der Waals surface area contributed by atoms with Crippen LogP contribution in [-0.2, 0) is 6.54 Å². The fourth-order valence-corrected chi connectivity index (χ4v) is 1.63. The van der Waals surface area contributed by atoms with E-state index in [4.69, 9.17) is 11.6 Å². The van der Waals surface area contributed by atoms with Gasteiger partial charge < -0.3 is 5.32 Å². The predicted octanol–water partition coefficient (Wildman–Crippen LogP) is 3.31. The third-order valence-corrected chi connectivity index (χ3v) is 2.68. The lowest BCUT2D eigenvalue weighted by Gasteiger charge is -2.04. The third kappa shape index (κ3) is 3.95. The fourth-order valence-electron chi connectivity index (χ4n) is 1.07. The van der Waals surface area contributed by atoms with E-state index in [2.05, 4.69) is 21.2 Å². The zero-order chi connectivity index (χ0) is 10.4. The van der Waals surface area contributed by atoms with Crippen LogP contribution in [0.2, 0.25) is 0 Å². The average molecular weight is 281 g/mol. The lowest BCUT2D eigenvalue weighted by atomic mass is 10.2. The molecule has 0 aliphatic heterocycles. The van der Waals surface area contributed by atoms with Gasteiger partial charge in [0.25, 0.3) is 0 Å². The van der Waals surface area contributed by atoms with Crippen LogP contribution in [0.5, 0.6) is 0 Å². The van der Waals surface area contributed by atoms with E-state index in [1.54, 1.807) is 12.1 Å². The van der Waals surface area contributed by atoms with Crippen molar-refractivity contribution in [3.63, 3.8) is 0 Å². The first-order valence-corrected chi connectivity index (χ1v) is 5.77. The highest BCUT2D eigenvalue weighted by atomic mass is 79.9. The lowest BCUT2D eigenvalue weighted by Crippen LogP contribution is -2.14. The van der Waals surface area contributed by atoms with Crippen LogP contribution in [0.15, 0.2) is 22.7 Å². The zero-order valence-electron chi connectivity index (χ0n) is 7.69. The molecule has 0 spiro atoms. The molecule has 0 saturated heterocycles. The summed E-state index contributed by atoms with van der Waals surface area (Å²) in [6, 6.07) is 5.01. The smallest absolute Gasteiger partial charge is 0.137 e. The molecule has 0 bridgehead atoms. The Morgan fingerprint density at radius 1 is 1.43 bits per heavy atom. The SMILES string of the molecule is Fc1ccc(CNCCCCl)cc1Br. The molecule has 0 atom stereocenters. The van der Waals surface area contributed by atoms with Gasteiger partial charge in [0.15, 0.2) is 0 Å². The third-order valence-electron chi connectivity index (χ3n) is 1.80. The number of alkyl halides is 1. The largest absolute Gasteiger partial charge is 0.313 e. The highest BCUT2D eigenvalue weighted by Gasteiger charge is 1.99. The van der Waals surface area contributed by atoms with Gasteiger partial charge in [0.1, 0.15) is 5.82 Å². The second kappa shape index (κ2) is 6.38. The van der Waals surface area contributed by atoms with Crippen LogP contribution in [0, 0.1) is 5.82 Å². The Balaban J connectivity index is 2.39. The minimum Gasteiger partial charge on any atom is -0.313 e. The molecule has 1 nitrogen and oxygen atoms in total. The van der Waals surface area contributed by atoms with Crippen LogP contribution in [0.25, 0.3) is 0 Å². The average Bonchev–Trinajstić information content (AvgIpc) is 2.18. The summed E-state index contributed by atoms with van der Waals surface area (Å²) >= 11 is 8.68. The van der Waals surface area contributed by atoms with Crippen molar-refractivity contribution in [2.75, 3.05) is 12.4 Å². The van der Waals surface area contributed by atoms with Crippen LogP contribution < -0.4 is 5.32 Å². The van der Waals surface area contributed by atoms with Crippen LogP contribution in [0.4, 0.5) is 4.39 Å². The summed E-state index contributed by atoms with van der Waals surface area (Å²) < 4.78 is 13.4. The summed E-state index contributed by atoms with van der Waals surface area (Å²) in [5, 5.41) is 3.22. The number of benzene rings is 1. The first kappa shape index (κ1) is 12.0. The van der Waals surface area contributed by atoms with E-state index in [9.17, 15) is 4.39 Å². The number of nitrogens with one attached hydrogen (secondary N) is 1. The number of rotatable bonds is 5. The van der Waals surface area contributed by atoms with Gasteiger partial charge in [0.2, 0.25) is 0 Å². The highest BCUT2D eigenvalue weighted by molar-refractivity contribution is 9.10. The Kier molecular flexibility index (Phi) is 5.45. The molecular formula is C10H12BrClFN. The first-order chi connectivity index (χ1) is 6.74. The van der Waals surface area contributed by atoms with Crippen LogP contribution in [0.3, 0.4) is 0 Å². The maximum absolute atomic E-state index is 12.9. The maximum atomic E-state index is 12.9. The molecule has 78 valence electrons. The van der Waals surface area contributed by atoms with Crippen molar-refractivity contribution in [3.8, 4) is 0 Å². The number of hydrogen-bond donors (Lipinski definition) is 1. The Labute approximate surface area is 96.8 Å². The number of hydrogen-bond acceptors (Lipinski definition) is 1. The molecule has 0 aromatic heterocycles. The standard InChI is InChI=1S/C10H12BrClFN/c11-9-6-8(2-3-10(9)13)7-14-5-1-4-12/h2-3,6,14H,1,4-5,7H2. The summed E-state index contributed by atoms with van der Waals surface area (Å²) in [6.07, 6.45) is 0.948. The second-order valence-corrected chi connectivity index (χ2v) is 4.20. The highest BCUT2D eigenvalue weighted by Crippen LogP contribution is 2.16. The summed E-state index contributed by atoms with van der Waals surface area (Å²) in [6.45, 7) is 1.63. The van der Waals surface area contributed by atoms with E-state index in [1.165, 1.54) is 6.07 Å². The predicted molar refractivity (Wildman–Crippen MR) is 61.1 cm³/mol. The molecule has 1 N–H and O–H groups in total. The van der Waals surface area contributed by atoms with E-state index >= 15 is 0 Å². The topological polar surface area (TPSA) is 12.0 Å².